The summed E-state index contributed by atoms with van der Waals surface area (Å²) < 4.78 is 13.1. The maximum absolute atomic E-state index is 12.2. The van der Waals surface area contributed by atoms with Gasteiger partial charge in [-0.3, -0.25) is 4.79 Å². The maximum Gasteiger partial charge on any atom is 0.234 e. The van der Waals surface area contributed by atoms with Gasteiger partial charge in [-0.05, 0) is 51.0 Å². The highest BCUT2D eigenvalue weighted by Gasteiger charge is 2.20. The molecule has 0 unspecified atom stereocenters. The lowest BCUT2D eigenvalue weighted by Crippen LogP contribution is -2.18. The fraction of sp³-hybridized carbons (Fsp3) is 0.500. The highest BCUT2D eigenvalue weighted by Crippen LogP contribution is 2.22. The molecule has 1 aromatic carbocycles. The molecule has 7 nitrogen and oxygen atoms in total. The molecule has 0 aliphatic carbocycles. The summed E-state index contributed by atoms with van der Waals surface area (Å²) in [7, 11) is 0. The molecule has 1 atom stereocenters. The van der Waals surface area contributed by atoms with Crippen LogP contribution in [0.4, 0.5) is 5.69 Å². The smallest absolute Gasteiger partial charge is 0.234 e. The van der Waals surface area contributed by atoms with E-state index in [0.29, 0.717) is 6.61 Å². The van der Waals surface area contributed by atoms with Crippen LogP contribution in [0.2, 0.25) is 0 Å². The van der Waals surface area contributed by atoms with Crippen LogP contribution in [0, 0.1) is 6.92 Å². The number of anilines is 1. The van der Waals surface area contributed by atoms with E-state index in [1.54, 1.807) is 0 Å². The minimum absolute atomic E-state index is 0.0801. The molecule has 0 radical (unpaired) electrons. The Morgan fingerprint density at radius 3 is 2.88 bits per heavy atom. The normalized spacial score (nSPS) is 16.6. The number of aromatic nitrogens is 3. The van der Waals surface area contributed by atoms with E-state index in [1.807, 2.05) is 42.7 Å². The van der Waals surface area contributed by atoms with Gasteiger partial charge in [0.15, 0.2) is 5.16 Å². The first kappa shape index (κ1) is 18.7. The molecule has 0 saturated carbocycles. The average molecular weight is 376 g/mol. The molecule has 3 rings (SSSR count). The van der Waals surface area contributed by atoms with Gasteiger partial charge in [0.1, 0.15) is 11.6 Å². The van der Waals surface area contributed by atoms with Gasteiger partial charge in [0.05, 0.1) is 25.0 Å². The molecule has 1 aliphatic heterocycles. The zero-order chi connectivity index (χ0) is 18.4. The minimum Gasteiger partial charge on any atom is -0.494 e. The number of nitrogens with one attached hydrogen (secondary N) is 1. The molecule has 2 heterocycles. The van der Waals surface area contributed by atoms with Gasteiger partial charge in [0, 0.05) is 12.3 Å². The molecular weight excluding hydrogens is 352 g/mol. The Kier molecular flexibility index (Phi) is 6.51. The number of amides is 1. The Balaban J connectivity index is 1.52. The number of aryl methyl sites for hydroxylation is 1. The zero-order valence-corrected chi connectivity index (χ0v) is 15.9. The summed E-state index contributed by atoms with van der Waals surface area (Å²) in [4.78, 5) is 12.2. The number of hydrogen-bond acceptors (Lipinski definition) is 6. The molecule has 8 heteroatoms. The van der Waals surface area contributed by atoms with Crippen molar-refractivity contribution in [1.29, 1.82) is 0 Å². The molecule has 0 spiro atoms. The standard InChI is InChI=1S/C18H24N4O3S/c1-3-24-15-8-6-14(7-9-15)19-17(23)12-26-18-21-20-13(2)22(18)11-16-5-4-10-25-16/h6-9,16H,3-5,10-12H2,1-2H3,(H,19,23)/t16-/m1/s1. The fourth-order valence-corrected chi connectivity index (χ4v) is 3.59. The van der Waals surface area contributed by atoms with Gasteiger partial charge < -0.3 is 19.4 Å². The topological polar surface area (TPSA) is 78.3 Å². The van der Waals surface area contributed by atoms with Crippen LogP contribution in [-0.4, -0.2) is 45.7 Å². The van der Waals surface area contributed by atoms with Gasteiger partial charge in [-0.2, -0.15) is 0 Å². The predicted octanol–water partition coefficient (Wildman–Crippen LogP) is 2.90. The van der Waals surface area contributed by atoms with Crippen LogP contribution in [0.25, 0.3) is 0 Å². The number of benzene rings is 1. The van der Waals surface area contributed by atoms with Gasteiger partial charge in [0.2, 0.25) is 5.91 Å². The molecule has 0 bridgehead atoms. The van der Waals surface area contributed by atoms with E-state index < -0.39 is 0 Å². The number of nitrogens with zero attached hydrogens (tertiary/aromatic N) is 3. The Hall–Kier alpha value is -2.06. The van der Waals surface area contributed by atoms with Crippen LogP contribution in [0.1, 0.15) is 25.6 Å². The number of ether oxygens (including phenoxy) is 2. The summed E-state index contributed by atoms with van der Waals surface area (Å²) in [6.07, 6.45) is 2.36. The van der Waals surface area contributed by atoms with Gasteiger partial charge >= 0.3 is 0 Å². The second kappa shape index (κ2) is 9.05. The molecule has 1 amide bonds. The van der Waals surface area contributed by atoms with E-state index in [4.69, 9.17) is 9.47 Å². The van der Waals surface area contributed by atoms with Gasteiger partial charge in [-0.25, -0.2) is 0 Å². The monoisotopic (exact) mass is 376 g/mol. The summed E-state index contributed by atoms with van der Waals surface area (Å²) >= 11 is 1.39. The van der Waals surface area contributed by atoms with E-state index >= 15 is 0 Å². The van der Waals surface area contributed by atoms with E-state index in [1.165, 1.54) is 11.8 Å². The van der Waals surface area contributed by atoms with Crippen molar-refractivity contribution in [2.24, 2.45) is 0 Å². The molecular formula is C18H24N4O3S. The zero-order valence-electron chi connectivity index (χ0n) is 15.1. The first-order valence-electron chi connectivity index (χ1n) is 8.82. The molecule has 1 saturated heterocycles. The van der Waals surface area contributed by atoms with Crippen LogP contribution < -0.4 is 10.1 Å². The number of rotatable bonds is 8. The maximum atomic E-state index is 12.2. The highest BCUT2D eigenvalue weighted by molar-refractivity contribution is 7.99. The van der Waals surface area contributed by atoms with Gasteiger partial charge in [-0.1, -0.05) is 11.8 Å². The summed E-state index contributed by atoms with van der Waals surface area (Å²) in [6, 6.07) is 7.34. The lowest BCUT2D eigenvalue weighted by molar-refractivity contribution is -0.113. The van der Waals surface area contributed by atoms with E-state index in [-0.39, 0.29) is 17.8 Å². The number of hydrogen-bond donors (Lipinski definition) is 1. The van der Waals surface area contributed by atoms with Crippen LogP contribution in [0.3, 0.4) is 0 Å². The summed E-state index contributed by atoms with van der Waals surface area (Å²) in [6.45, 7) is 6.03. The first-order valence-corrected chi connectivity index (χ1v) is 9.81. The summed E-state index contributed by atoms with van der Waals surface area (Å²) in [5.41, 5.74) is 0.746. The third kappa shape index (κ3) is 4.98. The molecule has 1 aromatic heterocycles. The Bertz CT molecular complexity index is 727. The van der Waals surface area contributed by atoms with Crippen LogP contribution in [0.15, 0.2) is 29.4 Å². The van der Waals surface area contributed by atoms with Crippen LogP contribution in [-0.2, 0) is 16.1 Å². The Morgan fingerprint density at radius 1 is 1.38 bits per heavy atom. The third-order valence-electron chi connectivity index (χ3n) is 4.09. The third-order valence-corrected chi connectivity index (χ3v) is 5.06. The molecule has 1 fully saturated rings. The van der Waals surface area contributed by atoms with Crippen molar-refractivity contribution in [3.8, 4) is 5.75 Å². The van der Waals surface area contributed by atoms with E-state index in [9.17, 15) is 4.79 Å². The molecule has 2 aromatic rings. The van der Waals surface area contributed by atoms with Crippen LogP contribution in [0.5, 0.6) is 5.75 Å². The fourth-order valence-electron chi connectivity index (χ4n) is 2.80. The molecule has 26 heavy (non-hydrogen) atoms. The average Bonchev–Trinajstić information content (AvgIpc) is 3.27. The molecule has 1 N–H and O–H groups in total. The van der Waals surface area contributed by atoms with Crippen molar-refractivity contribution < 1.29 is 14.3 Å². The quantitative estimate of drug-likeness (QED) is 0.714. The van der Waals surface area contributed by atoms with Crippen molar-refractivity contribution >= 4 is 23.4 Å². The van der Waals surface area contributed by atoms with E-state index in [2.05, 4.69) is 15.5 Å². The number of carbonyl (C=O) groups is 1. The first-order chi connectivity index (χ1) is 12.7. The molecule has 140 valence electrons. The number of carbonyl (C=O) groups excluding carboxylic acids is 1. The second-order valence-electron chi connectivity index (χ2n) is 6.07. The van der Waals surface area contributed by atoms with E-state index in [0.717, 1.165) is 48.4 Å². The Morgan fingerprint density at radius 2 is 2.19 bits per heavy atom. The number of thioether (sulfide) groups is 1. The lowest BCUT2D eigenvalue weighted by atomic mass is 10.2. The van der Waals surface area contributed by atoms with Gasteiger partial charge in [-0.15, -0.1) is 10.2 Å². The Labute approximate surface area is 157 Å². The molecule has 1 aliphatic rings. The second-order valence-corrected chi connectivity index (χ2v) is 7.01. The van der Waals surface area contributed by atoms with Crippen molar-refractivity contribution in [3.63, 3.8) is 0 Å². The van der Waals surface area contributed by atoms with Crippen molar-refractivity contribution in [1.82, 2.24) is 14.8 Å². The SMILES string of the molecule is CCOc1ccc(NC(=O)CSc2nnc(C)n2C[C@H]2CCCO2)cc1. The summed E-state index contributed by atoms with van der Waals surface area (Å²) in [5, 5.41) is 12.0. The highest BCUT2D eigenvalue weighted by atomic mass is 32.2. The summed E-state index contributed by atoms with van der Waals surface area (Å²) in [5.74, 6) is 1.83. The predicted molar refractivity (Wildman–Crippen MR) is 101 cm³/mol. The van der Waals surface area contributed by atoms with Crippen molar-refractivity contribution in [2.45, 2.75) is 44.5 Å². The lowest BCUT2D eigenvalue weighted by Gasteiger charge is -2.13. The minimum atomic E-state index is -0.0801. The van der Waals surface area contributed by atoms with Crippen molar-refractivity contribution in [3.05, 3.63) is 30.1 Å². The largest absolute Gasteiger partial charge is 0.494 e. The van der Waals surface area contributed by atoms with Crippen LogP contribution >= 0.6 is 11.8 Å². The van der Waals surface area contributed by atoms with Crippen molar-refractivity contribution in [2.75, 3.05) is 24.3 Å². The van der Waals surface area contributed by atoms with Gasteiger partial charge in [0.25, 0.3) is 0 Å².